The Morgan fingerprint density at radius 1 is 0.860 bits per heavy atom. The predicted molar refractivity (Wildman–Crippen MR) is 236 cm³/mol. The first-order chi connectivity index (χ1) is 26.9. The first-order valence-corrected chi connectivity index (χ1v) is 21.9. The van der Waals surface area contributed by atoms with Gasteiger partial charge in [0.2, 0.25) is 0 Å². The Balaban J connectivity index is 1.44. The maximum Gasteiger partial charge on any atom is 0.343 e. The number of carbonyl (C=O) groups is 1. The molecule has 3 aliphatic rings. The molecule has 1 aliphatic heterocycles. The Labute approximate surface area is 346 Å². The van der Waals surface area contributed by atoms with Crippen LogP contribution in [0.3, 0.4) is 0 Å². The highest BCUT2D eigenvalue weighted by Crippen LogP contribution is 2.50. The zero-order valence-corrected chi connectivity index (χ0v) is 37.0. The van der Waals surface area contributed by atoms with Crippen LogP contribution in [0.4, 0.5) is 0 Å². The van der Waals surface area contributed by atoms with E-state index in [1.807, 2.05) is 50.3 Å². The number of cyclic esters (lactones) is 1. The zero-order chi connectivity index (χ0) is 42.1. The van der Waals surface area contributed by atoms with E-state index in [0.717, 1.165) is 37.0 Å². The quantitative estimate of drug-likeness (QED) is 0.0492. The fraction of sp³-hybridized carbons (Fsp3) is 0.627. The number of aliphatic hydroxyl groups is 3. The molecule has 0 radical (unpaired) electrons. The smallest absolute Gasteiger partial charge is 0.343 e. The van der Waals surface area contributed by atoms with Gasteiger partial charge in [-0.15, -0.1) is 0 Å². The lowest BCUT2D eigenvalue weighted by molar-refractivity contribution is -0.216. The molecule has 2 aliphatic carbocycles. The molecule has 316 valence electrons. The lowest BCUT2D eigenvalue weighted by Crippen LogP contribution is -2.65. The minimum absolute atomic E-state index is 0.0124. The second-order valence-electron chi connectivity index (χ2n) is 18.5. The highest BCUT2D eigenvalue weighted by molar-refractivity contribution is 5.95. The van der Waals surface area contributed by atoms with Crippen LogP contribution in [-0.2, 0) is 14.3 Å². The van der Waals surface area contributed by atoms with Crippen molar-refractivity contribution in [1.29, 1.82) is 0 Å². The van der Waals surface area contributed by atoms with Crippen LogP contribution in [-0.4, -0.2) is 51.3 Å². The van der Waals surface area contributed by atoms with E-state index < -0.39 is 28.7 Å². The van der Waals surface area contributed by atoms with E-state index in [2.05, 4.69) is 39.5 Å². The van der Waals surface area contributed by atoms with Crippen molar-refractivity contribution in [2.24, 2.45) is 10.8 Å². The van der Waals surface area contributed by atoms with Crippen LogP contribution < -0.4 is 0 Å². The molecule has 1 saturated carbocycles. The van der Waals surface area contributed by atoms with Crippen molar-refractivity contribution in [3.8, 4) is 11.8 Å². The number of aliphatic hydroxyl groups excluding tert-OH is 1. The number of unbranched alkanes of at least 4 members (excludes halogenated alkanes) is 11. The standard InChI is InChI=1S/C51H76O6/c1-10-11-12-13-14-15-16-17-18-19-22-25-32-56-45-34-41(4)46(48(5,6)38-45)29-28-39(2)26-23-20-21-24-27-40(3)33-44-35-42(47(53)57-44)30-31-51(55)49(7,8)36-43(52)37-50(51,9)54/h20-21,23-24,26-27,30-31,33,35,43,45,52,54-55H,10-19,22,25,32,34,36-38H2,1-9H3/b23-20+,24-21+,31-30+,39-26+,40-27+,44-33-/t43-,45+,50+,51+/m0/s1. The van der Waals surface area contributed by atoms with Gasteiger partial charge >= 0.3 is 5.97 Å². The fourth-order valence-electron chi connectivity index (χ4n) is 8.73. The molecule has 3 N–H and O–H groups in total. The van der Waals surface area contributed by atoms with Gasteiger partial charge in [0.15, 0.2) is 0 Å². The van der Waals surface area contributed by atoms with Crippen molar-refractivity contribution in [3.05, 3.63) is 94.4 Å². The largest absolute Gasteiger partial charge is 0.423 e. The molecule has 0 saturated heterocycles. The third-order valence-corrected chi connectivity index (χ3v) is 12.0. The maximum atomic E-state index is 12.6. The molecule has 6 heteroatoms. The van der Waals surface area contributed by atoms with Crippen molar-refractivity contribution >= 4 is 5.97 Å². The van der Waals surface area contributed by atoms with Gasteiger partial charge in [0, 0.05) is 29.4 Å². The monoisotopic (exact) mass is 785 g/mol. The number of hydrogen-bond donors (Lipinski definition) is 3. The molecular weight excluding hydrogens is 709 g/mol. The van der Waals surface area contributed by atoms with E-state index in [9.17, 15) is 20.1 Å². The third kappa shape index (κ3) is 15.2. The third-order valence-electron chi connectivity index (χ3n) is 12.0. The van der Waals surface area contributed by atoms with Crippen LogP contribution in [0, 0.1) is 22.7 Å². The number of carbonyl (C=O) groups excluding carboxylic acids is 1. The van der Waals surface area contributed by atoms with Gasteiger partial charge in [-0.1, -0.05) is 159 Å². The predicted octanol–water partition coefficient (Wildman–Crippen LogP) is 11.8. The second kappa shape index (κ2) is 22.8. The number of allylic oxidation sites excluding steroid dienone is 11. The summed E-state index contributed by atoms with van der Waals surface area (Å²) < 4.78 is 11.8. The fourth-order valence-corrected chi connectivity index (χ4v) is 8.73. The molecule has 0 bridgehead atoms. The van der Waals surface area contributed by atoms with E-state index in [0.29, 0.717) is 12.2 Å². The summed E-state index contributed by atoms with van der Waals surface area (Å²) in [6, 6.07) is 0. The molecule has 0 aromatic heterocycles. The minimum Gasteiger partial charge on any atom is -0.423 e. The highest BCUT2D eigenvalue weighted by Gasteiger charge is 2.58. The molecular formula is C51H76O6. The first kappa shape index (κ1) is 48.2. The molecule has 0 spiro atoms. The second-order valence-corrected chi connectivity index (χ2v) is 18.5. The summed E-state index contributed by atoms with van der Waals surface area (Å²) in [6.07, 6.45) is 36.3. The Hall–Kier alpha value is -3.21. The van der Waals surface area contributed by atoms with E-state index in [4.69, 9.17) is 9.47 Å². The Morgan fingerprint density at radius 3 is 2.05 bits per heavy atom. The normalized spacial score (nSPS) is 27.5. The summed E-state index contributed by atoms with van der Waals surface area (Å²) in [5, 5.41) is 32.7. The minimum atomic E-state index is -1.64. The highest BCUT2D eigenvalue weighted by atomic mass is 16.5. The van der Waals surface area contributed by atoms with Gasteiger partial charge < -0.3 is 24.8 Å². The molecule has 0 aromatic rings. The first-order valence-electron chi connectivity index (χ1n) is 21.9. The molecule has 0 aromatic carbocycles. The summed E-state index contributed by atoms with van der Waals surface area (Å²) in [6.45, 7) is 19.0. The molecule has 1 fully saturated rings. The summed E-state index contributed by atoms with van der Waals surface area (Å²) in [5.74, 6) is 6.75. The van der Waals surface area contributed by atoms with Crippen molar-refractivity contribution in [1.82, 2.24) is 0 Å². The molecule has 4 atom stereocenters. The van der Waals surface area contributed by atoms with Crippen LogP contribution in [0.5, 0.6) is 0 Å². The van der Waals surface area contributed by atoms with E-state index in [1.54, 1.807) is 26.0 Å². The van der Waals surface area contributed by atoms with E-state index in [-0.39, 0.29) is 23.5 Å². The Bertz CT molecular complexity index is 1620. The van der Waals surface area contributed by atoms with E-state index >= 15 is 0 Å². The number of ether oxygens (including phenoxy) is 2. The topological polar surface area (TPSA) is 96.2 Å². The molecule has 57 heavy (non-hydrogen) atoms. The summed E-state index contributed by atoms with van der Waals surface area (Å²) in [5.41, 5.74) is 0.711. The van der Waals surface area contributed by atoms with E-state index in [1.165, 1.54) is 101 Å². The number of hydrogen-bond acceptors (Lipinski definition) is 6. The number of rotatable bonds is 20. The van der Waals surface area contributed by atoms with Crippen LogP contribution in [0.1, 0.15) is 165 Å². The van der Waals surface area contributed by atoms with Crippen molar-refractivity contribution in [2.45, 2.75) is 188 Å². The summed E-state index contributed by atoms with van der Waals surface area (Å²) in [4.78, 5) is 12.6. The van der Waals surface area contributed by atoms with Gasteiger partial charge in [-0.3, -0.25) is 0 Å². The lowest BCUT2D eigenvalue weighted by atomic mass is 9.57. The zero-order valence-electron chi connectivity index (χ0n) is 37.0. The van der Waals surface area contributed by atoms with Gasteiger partial charge in [0.25, 0.3) is 0 Å². The van der Waals surface area contributed by atoms with Crippen molar-refractivity contribution in [3.63, 3.8) is 0 Å². The average molecular weight is 785 g/mol. The molecule has 1 heterocycles. The molecule has 6 nitrogen and oxygen atoms in total. The molecule has 3 rings (SSSR count). The molecule has 0 unspecified atom stereocenters. The summed E-state index contributed by atoms with van der Waals surface area (Å²) in [7, 11) is 0. The SMILES string of the molecule is CCCCCCCCCCCCCCO[C@@H]1CC(C)=C(C#C/C(C)=C/C=C/C=C/C=C(C)/C=C2C=C(/C=C/[C@@]3(O)C(C)(C)C[C@H](O)C[C@@]3(C)O)C(=O)O/2)C(C)(C)C1. The van der Waals surface area contributed by atoms with Gasteiger partial charge in [-0.25, -0.2) is 4.79 Å². The van der Waals surface area contributed by atoms with Crippen LogP contribution in [0.25, 0.3) is 0 Å². The van der Waals surface area contributed by atoms with Gasteiger partial charge in [-0.2, -0.15) is 0 Å². The van der Waals surface area contributed by atoms with Crippen molar-refractivity contribution in [2.75, 3.05) is 6.61 Å². The van der Waals surface area contributed by atoms with Gasteiger partial charge in [0.1, 0.15) is 11.4 Å². The summed E-state index contributed by atoms with van der Waals surface area (Å²) >= 11 is 0. The van der Waals surface area contributed by atoms with Crippen LogP contribution >= 0.6 is 0 Å². The van der Waals surface area contributed by atoms with Crippen molar-refractivity contribution < 1.29 is 29.6 Å². The van der Waals surface area contributed by atoms with Gasteiger partial charge in [-0.05, 0) is 88.8 Å². The van der Waals surface area contributed by atoms with Crippen LogP contribution in [0.2, 0.25) is 0 Å². The lowest BCUT2D eigenvalue weighted by Gasteiger charge is -2.54. The maximum absolute atomic E-state index is 12.6. The van der Waals surface area contributed by atoms with Crippen LogP contribution in [0.15, 0.2) is 94.4 Å². The number of esters is 1. The van der Waals surface area contributed by atoms with Gasteiger partial charge in [0.05, 0.1) is 23.4 Å². The Morgan fingerprint density at radius 2 is 1.46 bits per heavy atom. The average Bonchev–Trinajstić information content (AvgIpc) is 3.46. The molecule has 0 amide bonds. The Kier molecular flexibility index (Phi) is 19.3.